The maximum atomic E-state index is 7.46. The lowest BCUT2D eigenvalue weighted by molar-refractivity contribution is 0.456. The second kappa shape index (κ2) is 4.18. The van der Waals surface area contributed by atoms with Crippen LogP contribution in [0.25, 0.3) is 0 Å². The Morgan fingerprint density at radius 3 is 2.56 bits per heavy atom. The summed E-state index contributed by atoms with van der Waals surface area (Å²) >= 11 is 0. The van der Waals surface area contributed by atoms with E-state index in [1.807, 2.05) is 13.8 Å². The molecule has 0 unspecified atom stereocenters. The van der Waals surface area contributed by atoms with Crippen molar-refractivity contribution in [1.29, 1.82) is 0 Å². The minimum absolute atomic E-state index is 0.464. The van der Waals surface area contributed by atoms with E-state index in [-0.39, 0.29) is 0 Å². The third-order valence-corrected chi connectivity index (χ3v) is 2.15. The monoisotopic (exact) mass is 214 g/mol. The molecule has 0 atom stereocenters. The topological polar surface area (TPSA) is 58.8 Å². The van der Waals surface area contributed by atoms with E-state index in [1.54, 1.807) is 30.6 Å². The van der Waals surface area contributed by atoms with Crippen molar-refractivity contribution in [1.82, 2.24) is 15.7 Å². The molecule has 0 saturated heterocycles. The number of aryl methyl sites for hydroxylation is 2. The van der Waals surface area contributed by atoms with Crippen molar-refractivity contribution in [2.45, 2.75) is 13.8 Å². The molecular weight excluding hydrogens is 202 g/mol. The van der Waals surface area contributed by atoms with Crippen LogP contribution < -0.4 is 10.5 Å². The van der Waals surface area contributed by atoms with Gasteiger partial charge in [-0.1, -0.05) is 0 Å². The Labute approximate surface area is 94.1 Å². The Balaban J connectivity index is 2.23. The SMILES string of the molecule is Cc1cnc(Oc2ccc([NH])cc2C)cn1. The van der Waals surface area contributed by atoms with Crippen LogP contribution in [-0.2, 0) is 0 Å². The molecule has 1 radical (unpaired) electrons. The molecular formula is C12H12N3O. The second-order valence-electron chi connectivity index (χ2n) is 3.58. The Morgan fingerprint density at radius 2 is 1.94 bits per heavy atom. The van der Waals surface area contributed by atoms with Crippen molar-refractivity contribution in [3.63, 3.8) is 0 Å². The molecule has 0 aliphatic heterocycles. The van der Waals surface area contributed by atoms with Crippen molar-refractivity contribution in [3.8, 4) is 11.6 Å². The minimum Gasteiger partial charge on any atom is -0.437 e. The summed E-state index contributed by atoms with van der Waals surface area (Å²) in [7, 11) is 0. The highest BCUT2D eigenvalue weighted by atomic mass is 16.5. The zero-order chi connectivity index (χ0) is 11.5. The van der Waals surface area contributed by atoms with Gasteiger partial charge >= 0.3 is 0 Å². The lowest BCUT2D eigenvalue weighted by Crippen LogP contribution is -1.92. The van der Waals surface area contributed by atoms with Crippen molar-refractivity contribution < 1.29 is 4.74 Å². The second-order valence-corrected chi connectivity index (χ2v) is 3.58. The highest BCUT2D eigenvalue weighted by molar-refractivity contribution is 5.45. The molecule has 0 amide bonds. The summed E-state index contributed by atoms with van der Waals surface area (Å²) in [6.45, 7) is 3.77. The fourth-order valence-corrected chi connectivity index (χ4v) is 1.31. The summed E-state index contributed by atoms with van der Waals surface area (Å²) in [5.74, 6) is 1.17. The summed E-state index contributed by atoms with van der Waals surface area (Å²) in [4.78, 5) is 8.20. The van der Waals surface area contributed by atoms with Crippen molar-refractivity contribution in [3.05, 3.63) is 41.9 Å². The van der Waals surface area contributed by atoms with Gasteiger partial charge in [0.25, 0.3) is 0 Å². The van der Waals surface area contributed by atoms with Gasteiger partial charge in [0.05, 0.1) is 23.8 Å². The van der Waals surface area contributed by atoms with Crippen LogP contribution in [0, 0.1) is 13.8 Å². The van der Waals surface area contributed by atoms with Gasteiger partial charge in [0, 0.05) is 0 Å². The average molecular weight is 214 g/mol. The van der Waals surface area contributed by atoms with Crippen LogP contribution in [0.1, 0.15) is 11.3 Å². The van der Waals surface area contributed by atoms with Crippen LogP contribution in [0.5, 0.6) is 11.6 Å². The van der Waals surface area contributed by atoms with E-state index in [2.05, 4.69) is 9.97 Å². The lowest BCUT2D eigenvalue weighted by Gasteiger charge is -2.07. The normalized spacial score (nSPS) is 10.1. The summed E-state index contributed by atoms with van der Waals surface area (Å²) in [6.07, 6.45) is 3.24. The molecule has 1 aromatic heterocycles. The van der Waals surface area contributed by atoms with Crippen LogP contribution in [0.4, 0.5) is 5.69 Å². The molecule has 0 aliphatic rings. The molecule has 1 heterocycles. The molecule has 0 spiro atoms. The average Bonchev–Trinajstić information content (AvgIpc) is 2.25. The van der Waals surface area contributed by atoms with E-state index < -0.39 is 0 Å². The van der Waals surface area contributed by atoms with Crippen molar-refractivity contribution in [2.24, 2.45) is 0 Å². The minimum atomic E-state index is 0.464. The first-order valence-corrected chi connectivity index (χ1v) is 4.94. The third-order valence-electron chi connectivity index (χ3n) is 2.15. The maximum Gasteiger partial charge on any atom is 0.237 e. The fraction of sp³-hybridized carbons (Fsp3) is 0.167. The molecule has 2 aromatic rings. The Morgan fingerprint density at radius 1 is 1.12 bits per heavy atom. The van der Waals surface area contributed by atoms with Crippen LogP contribution in [-0.4, -0.2) is 9.97 Å². The first-order valence-electron chi connectivity index (χ1n) is 4.94. The molecule has 0 saturated carbocycles. The molecule has 1 aromatic carbocycles. The fourth-order valence-electron chi connectivity index (χ4n) is 1.31. The van der Waals surface area contributed by atoms with Gasteiger partial charge in [0.2, 0.25) is 5.88 Å². The summed E-state index contributed by atoms with van der Waals surface area (Å²) in [5.41, 5.74) is 9.69. The third kappa shape index (κ3) is 2.28. The number of nitrogens with zero attached hydrogens (tertiary/aromatic N) is 2. The van der Waals surface area contributed by atoms with Crippen LogP contribution in [0.3, 0.4) is 0 Å². The van der Waals surface area contributed by atoms with Gasteiger partial charge in [0.1, 0.15) is 5.75 Å². The van der Waals surface area contributed by atoms with Gasteiger partial charge in [0.15, 0.2) is 0 Å². The number of hydrogen-bond acceptors (Lipinski definition) is 3. The molecule has 1 N–H and O–H groups in total. The zero-order valence-corrected chi connectivity index (χ0v) is 9.19. The maximum absolute atomic E-state index is 7.46. The highest BCUT2D eigenvalue weighted by Crippen LogP contribution is 2.25. The number of ether oxygens (including phenoxy) is 1. The molecule has 0 aliphatic carbocycles. The van der Waals surface area contributed by atoms with Crippen molar-refractivity contribution >= 4 is 5.69 Å². The van der Waals surface area contributed by atoms with Gasteiger partial charge in [-0.3, -0.25) is 4.98 Å². The van der Waals surface area contributed by atoms with Crippen LogP contribution in [0.2, 0.25) is 0 Å². The summed E-state index contributed by atoms with van der Waals surface area (Å²) < 4.78 is 5.56. The first-order chi connectivity index (χ1) is 7.65. The molecule has 16 heavy (non-hydrogen) atoms. The van der Waals surface area contributed by atoms with E-state index in [0.29, 0.717) is 17.3 Å². The molecule has 81 valence electrons. The van der Waals surface area contributed by atoms with Crippen LogP contribution in [0.15, 0.2) is 30.6 Å². The molecule has 2 rings (SSSR count). The molecule has 4 nitrogen and oxygen atoms in total. The number of nitrogens with one attached hydrogen (secondary N) is 1. The van der Waals surface area contributed by atoms with E-state index in [0.717, 1.165) is 11.3 Å². The quantitative estimate of drug-likeness (QED) is 0.772. The zero-order valence-electron chi connectivity index (χ0n) is 9.19. The Kier molecular flexibility index (Phi) is 2.72. The van der Waals surface area contributed by atoms with Gasteiger partial charge < -0.3 is 10.5 Å². The smallest absolute Gasteiger partial charge is 0.237 e. The number of aromatic nitrogens is 2. The van der Waals surface area contributed by atoms with E-state index >= 15 is 0 Å². The lowest BCUT2D eigenvalue weighted by atomic mass is 10.2. The number of benzene rings is 1. The largest absolute Gasteiger partial charge is 0.437 e. The summed E-state index contributed by atoms with van der Waals surface area (Å²) in [6, 6.07) is 5.19. The molecule has 0 fully saturated rings. The number of hydrogen-bond donors (Lipinski definition) is 0. The van der Waals surface area contributed by atoms with Gasteiger partial charge in [-0.15, -0.1) is 0 Å². The van der Waals surface area contributed by atoms with Gasteiger partial charge in [-0.25, -0.2) is 4.98 Å². The van der Waals surface area contributed by atoms with E-state index in [4.69, 9.17) is 10.5 Å². The first kappa shape index (κ1) is 10.4. The summed E-state index contributed by atoms with van der Waals surface area (Å²) in [5, 5.41) is 0. The van der Waals surface area contributed by atoms with Gasteiger partial charge in [-0.2, -0.15) is 0 Å². The number of rotatable bonds is 2. The van der Waals surface area contributed by atoms with E-state index in [9.17, 15) is 0 Å². The van der Waals surface area contributed by atoms with Crippen LogP contribution >= 0.6 is 0 Å². The Hall–Kier alpha value is -2.10. The predicted molar refractivity (Wildman–Crippen MR) is 60.8 cm³/mol. The molecule has 0 bridgehead atoms. The standard InChI is InChI=1S/C12H12N3O/c1-8-5-10(13)3-4-11(8)16-12-7-14-9(2)6-15-12/h3-7,13H,1-2H3. The highest BCUT2D eigenvalue weighted by Gasteiger charge is 2.03. The predicted octanol–water partition coefficient (Wildman–Crippen LogP) is 2.80. The molecule has 4 heteroatoms. The van der Waals surface area contributed by atoms with Gasteiger partial charge in [-0.05, 0) is 37.6 Å². The Bertz CT molecular complexity index is 494. The van der Waals surface area contributed by atoms with Crippen molar-refractivity contribution in [2.75, 3.05) is 0 Å². The van der Waals surface area contributed by atoms with E-state index in [1.165, 1.54) is 0 Å².